The Hall–Kier alpha value is -2.97. The zero-order valence-corrected chi connectivity index (χ0v) is 17.0. The number of esters is 1. The van der Waals surface area contributed by atoms with Crippen LogP contribution in [-0.2, 0) is 9.53 Å². The van der Waals surface area contributed by atoms with E-state index in [1.54, 1.807) is 24.0 Å². The zero-order valence-electron chi connectivity index (χ0n) is 15.4. The summed E-state index contributed by atoms with van der Waals surface area (Å²) >= 11 is 11.4. The standard InChI is InChI=1S/C20H16ClFN2O4S/c1-10-16(19(27)28-2)17(11-3-5-12(6-4-11)18(25)26)23-20(29)24(10)13-7-8-15(22)14(21)9-13/h3-9,17H,1-2H3,(H,23,29)(H,25,26). The molecule has 3 rings (SSSR count). The van der Waals surface area contributed by atoms with Crippen molar-refractivity contribution in [1.82, 2.24) is 5.32 Å². The number of ether oxygens (including phenoxy) is 1. The van der Waals surface area contributed by atoms with E-state index in [1.165, 1.54) is 37.4 Å². The molecule has 1 heterocycles. The second-order valence-electron chi connectivity index (χ2n) is 6.23. The topological polar surface area (TPSA) is 78.9 Å². The monoisotopic (exact) mass is 434 g/mol. The lowest BCUT2D eigenvalue weighted by Gasteiger charge is -2.37. The molecule has 2 aromatic rings. The largest absolute Gasteiger partial charge is 0.478 e. The molecule has 9 heteroatoms. The van der Waals surface area contributed by atoms with Crippen molar-refractivity contribution < 1.29 is 23.8 Å². The van der Waals surface area contributed by atoms with E-state index in [9.17, 15) is 14.0 Å². The first-order valence-electron chi connectivity index (χ1n) is 8.42. The van der Waals surface area contributed by atoms with Crippen molar-refractivity contribution in [3.05, 3.63) is 75.7 Å². The van der Waals surface area contributed by atoms with E-state index in [1.807, 2.05) is 0 Å². The normalized spacial score (nSPS) is 16.5. The van der Waals surface area contributed by atoms with Gasteiger partial charge in [-0.05, 0) is 55.0 Å². The highest BCUT2D eigenvalue weighted by Crippen LogP contribution is 2.35. The van der Waals surface area contributed by atoms with Crippen molar-refractivity contribution in [2.75, 3.05) is 12.0 Å². The molecule has 6 nitrogen and oxygen atoms in total. The number of methoxy groups -OCH3 is 1. The highest BCUT2D eigenvalue weighted by molar-refractivity contribution is 7.80. The van der Waals surface area contributed by atoms with Crippen molar-refractivity contribution in [2.45, 2.75) is 13.0 Å². The van der Waals surface area contributed by atoms with Crippen LogP contribution in [0.3, 0.4) is 0 Å². The van der Waals surface area contributed by atoms with Gasteiger partial charge in [0.2, 0.25) is 0 Å². The van der Waals surface area contributed by atoms with Crippen molar-refractivity contribution in [2.24, 2.45) is 0 Å². The summed E-state index contributed by atoms with van der Waals surface area (Å²) in [7, 11) is 1.26. The number of rotatable bonds is 4. The van der Waals surface area contributed by atoms with Gasteiger partial charge >= 0.3 is 11.9 Å². The van der Waals surface area contributed by atoms with Crippen LogP contribution in [0.2, 0.25) is 5.02 Å². The van der Waals surface area contributed by atoms with Crippen LogP contribution in [0.25, 0.3) is 0 Å². The number of carbonyl (C=O) groups excluding carboxylic acids is 1. The maximum atomic E-state index is 13.6. The molecule has 0 radical (unpaired) electrons. The summed E-state index contributed by atoms with van der Waals surface area (Å²) in [6.07, 6.45) is 0. The number of hydrogen-bond acceptors (Lipinski definition) is 4. The number of anilines is 1. The molecule has 1 atom stereocenters. The van der Waals surface area contributed by atoms with E-state index in [0.717, 1.165) is 0 Å². The van der Waals surface area contributed by atoms with Gasteiger partial charge in [0.15, 0.2) is 5.11 Å². The number of carboxylic acid groups (broad SMARTS) is 1. The van der Waals surface area contributed by atoms with E-state index >= 15 is 0 Å². The second-order valence-corrected chi connectivity index (χ2v) is 7.03. The molecule has 2 N–H and O–H groups in total. The van der Waals surface area contributed by atoms with Gasteiger partial charge in [0.05, 0.1) is 29.3 Å². The van der Waals surface area contributed by atoms with Crippen LogP contribution >= 0.6 is 23.8 Å². The summed E-state index contributed by atoms with van der Waals surface area (Å²) in [5.74, 6) is -2.21. The first-order chi connectivity index (χ1) is 13.7. The lowest BCUT2D eigenvalue weighted by atomic mass is 9.94. The minimum atomic E-state index is -1.05. The van der Waals surface area contributed by atoms with Gasteiger partial charge in [0, 0.05) is 11.4 Å². The van der Waals surface area contributed by atoms with Gasteiger partial charge in [-0.15, -0.1) is 0 Å². The molecule has 0 amide bonds. The molecule has 1 aliphatic heterocycles. The predicted octanol–water partition coefficient (Wildman–Crippen LogP) is 4.06. The Morgan fingerprint density at radius 1 is 1.24 bits per heavy atom. The van der Waals surface area contributed by atoms with E-state index in [0.29, 0.717) is 16.9 Å². The van der Waals surface area contributed by atoms with Gasteiger partial charge in [0.1, 0.15) is 5.82 Å². The Bertz CT molecular complexity index is 1040. The minimum absolute atomic E-state index is 0.0795. The fourth-order valence-corrected chi connectivity index (χ4v) is 3.66. The molecule has 29 heavy (non-hydrogen) atoms. The lowest BCUT2D eigenvalue weighted by molar-refractivity contribution is -0.136. The third-order valence-corrected chi connectivity index (χ3v) is 5.13. The van der Waals surface area contributed by atoms with Crippen LogP contribution in [-0.4, -0.2) is 29.3 Å². The van der Waals surface area contributed by atoms with Crippen LogP contribution in [0.1, 0.15) is 28.9 Å². The molecule has 0 aliphatic carbocycles. The molecule has 0 aromatic heterocycles. The Kier molecular flexibility index (Phi) is 5.86. The summed E-state index contributed by atoms with van der Waals surface area (Å²) in [6.45, 7) is 1.69. The van der Waals surface area contributed by atoms with E-state index in [2.05, 4.69) is 5.32 Å². The number of hydrogen-bond donors (Lipinski definition) is 2. The summed E-state index contributed by atoms with van der Waals surface area (Å²) in [4.78, 5) is 25.2. The highest BCUT2D eigenvalue weighted by Gasteiger charge is 2.35. The first kappa shape index (κ1) is 20.8. The number of carbonyl (C=O) groups is 2. The Balaban J connectivity index is 2.11. The van der Waals surface area contributed by atoms with Crippen LogP contribution in [0, 0.1) is 5.82 Å². The predicted molar refractivity (Wildman–Crippen MR) is 110 cm³/mol. The van der Waals surface area contributed by atoms with Gasteiger partial charge in [-0.3, -0.25) is 4.90 Å². The second kappa shape index (κ2) is 8.18. The molecule has 1 unspecified atom stereocenters. The fourth-order valence-electron chi connectivity index (χ4n) is 3.12. The maximum absolute atomic E-state index is 13.6. The number of nitrogens with one attached hydrogen (secondary N) is 1. The molecule has 0 saturated carbocycles. The van der Waals surface area contributed by atoms with E-state index in [-0.39, 0.29) is 21.3 Å². The molecule has 0 bridgehead atoms. The first-order valence-corrected chi connectivity index (χ1v) is 9.21. The number of carboxylic acids is 1. The van der Waals surface area contributed by atoms with Gasteiger partial charge in [-0.25, -0.2) is 14.0 Å². The Labute approximate surface area is 176 Å². The molecular weight excluding hydrogens is 419 g/mol. The quantitative estimate of drug-likeness (QED) is 0.555. The van der Waals surface area contributed by atoms with E-state index < -0.39 is 23.8 Å². The van der Waals surface area contributed by atoms with Gasteiger partial charge in [0.25, 0.3) is 0 Å². The van der Waals surface area contributed by atoms with Crippen LogP contribution in [0.15, 0.2) is 53.7 Å². The number of halogens is 2. The number of allylic oxidation sites excluding steroid dienone is 1. The van der Waals surface area contributed by atoms with Crippen LogP contribution in [0.4, 0.5) is 10.1 Å². The Morgan fingerprint density at radius 3 is 2.45 bits per heavy atom. The number of aromatic carboxylic acids is 1. The maximum Gasteiger partial charge on any atom is 0.337 e. The molecule has 0 saturated heterocycles. The molecule has 150 valence electrons. The van der Waals surface area contributed by atoms with Gasteiger partial charge in [-0.2, -0.15) is 0 Å². The van der Waals surface area contributed by atoms with Gasteiger partial charge < -0.3 is 15.2 Å². The third kappa shape index (κ3) is 3.94. The number of benzene rings is 2. The zero-order chi connectivity index (χ0) is 21.3. The van der Waals surface area contributed by atoms with Crippen molar-refractivity contribution in [1.29, 1.82) is 0 Å². The smallest absolute Gasteiger partial charge is 0.337 e. The lowest BCUT2D eigenvalue weighted by Crippen LogP contribution is -2.48. The summed E-state index contributed by atoms with van der Waals surface area (Å²) in [5.41, 5.74) is 2.00. The summed E-state index contributed by atoms with van der Waals surface area (Å²) in [5, 5.41) is 12.4. The van der Waals surface area contributed by atoms with Crippen LogP contribution in [0.5, 0.6) is 0 Å². The van der Waals surface area contributed by atoms with E-state index in [4.69, 9.17) is 33.7 Å². The number of nitrogens with zero attached hydrogens (tertiary/aromatic N) is 1. The van der Waals surface area contributed by atoms with Crippen molar-refractivity contribution in [3.8, 4) is 0 Å². The average Bonchev–Trinajstić information content (AvgIpc) is 2.69. The molecule has 0 fully saturated rings. The minimum Gasteiger partial charge on any atom is -0.478 e. The SMILES string of the molecule is COC(=O)C1=C(C)N(c2ccc(F)c(Cl)c2)C(=S)NC1c1ccc(C(=O)O)cc1. The van der Waals surface area contributed by atoms with Crippen molar-refractivity contribution in [3.63, 3.8) is 0 Å². The van der Waals surface area contributed by atoms with Crippen LogP contribution < -0.4 is 10.2 Å². The molecule has 1 aliphatic rings. The summed E-state index contributed by atoms with van der Waals surface area (Å²) in [6, 6.07) is 9.56. The Morgan fingerprint density at radius 2 is 1.90 bits per heavy atom. The fraction of sp³-hybridized carbons (Fsp3) is 0.150. The summed E-state index contributed by atoms with van der Waals surface area (Å²) < 4.78 is 18.5. The average molecular weight is 435 g/mol. The van der Waals surface area contributed by atoms with Gasteiger partial charge in [-0.1, -0.05) is 23.7 Å². The molecule has 0 spiro atoms. The highest BCUT2D eigenvalue weighted by atomic mass is 35.5. The third-order valence-electron chi connectivity index (χ3n) is 4.54. The molecule has 2 aromatic carbocycles. The molecular formula is C20H16ClFN2O4S. The number of thiocarbonyl (C=S) groups is 1. The van der Waals surface area contributed by atoms with Crippen molar-refractivity contribution >= 4 is 46.6 Å².